The molecule has 0 spiro atoms. The van der Waals surface area contributed by atoms with E-state index in [-0.39, 0.29) is 11.6 Å². The summed E-state index contributed by atoms with van der Waals surface area (Å²) < 4.78 is 11.1. The summed E-state index contributed by atoms with van der Waals surface area (Å²) in [6.45, 7) is 0.315. The normalized spacial score (nSPS) is 10.1. The first-order chi connectivity index (χ1) is 9.60. The Morgan fingerprint density at radius 3 is 2.60 bits per heavy atom. The molecule has 0 saturated carbocycles. The van der Waals surface area contributed by atoms with E-state index in [9.17, 15) is 4.79 Å². The van der Waals surface area contributed by atoms with E-state index in [0.717, 1.165) is 10.0 Å². The Hall–Kier alpha value is -2.08. The number of carbonyl (C=O) groups excluding carboxylic acids is 1. The topological polar surface area (TPSA) is 74.4 Å². The van der Waals surface area contributed by atoms with Gasteiger partial charge in [0, 0.05) is 4.47 Å². The Morgan fingerprint density at radius 1 is 1.25 bits per heavy atom. The number of pyridine rings is 1. The zero-order valence-electron chi connectivity index (χ0n) is 10.8. The summed E-state index contributed by atoms with van der Waals surface area (Å²) in [4.78, 5) is 15.4. The molecule has 0 radical (unpaired) electrons. The molecule has 6 heteroatoms. The first-order valence-corrected chi connectivity index (χ1v) is 6.61. The third-order valence-electron chi connectivity index (χ3n) is 2.57. The molecular formula is C14H13BrN2O3. The summed E-state index contributed by atoms with van der Waals surface area (Å²) in [5.41, 5.74) is 7.27. The van der Waals surface area contributed by atoms with Crippen molar-refractivity contribution in [3.8, 4) is 5.88 Å². The number of nitrogens with two attached hydrogens (primary N) is 1. The summed E-state index contributed by atoms with van der Waals surface area (Å²) in [6, 6.07) is 10.7. The quantitative estimate of drug-likeness (QED) is 0.869. The lowest BCUT2D eigenvalue weighted by Crippen LogP contribution is -2.08. The number of hydrogen-bond acceptors (Lipinski definition) is 5. The van der Waals surface area contributed by atoms with Gasteiger partial charge < -0.3 is 15.2 Å². The van der Waals surface area contributed by atoms with Crippen LogP contribution in [0.1, 0.15) is 16.1 Å². The summed E-state index contributed by atoms with van der Waals surface area (Å²) in [5, 5.41) is 0. The van der Waals surface area contributed by atoms with E-state index in [1.807, 2.05) is 24.3 Å². The van der Waals surface area contributed by atoms with Crippen molar-refractivity contribution in [2.24, 2.45) is 0 Å². The minimum atomic E-state index is -0.529. The lowest BCUT2D eigenvalue weighted by molar-refractivity contribution is 0.0592. The number of rotatable bonds is 4. The van der Waals surface area contributed by atoms with Crippen LogP contribution in [-0.2, 0) is 11.3 Å². The zero-order chi connectivity index (χ0) is 14.5. The molecule has 1 aromatic heterocycles. The number of aromatic nitrogens is 1. The number of benzene rings is 1. The van der Waals surface area contributed by atoms with Crippen molar-refractivity contribution in [2.45, 2.75) is 6.61 Å². The number of nitrogens with zero attached hydrogens (tertiary/aromatic N) is 1. The Labute approximate surface area is 124 Å². The molecule has 2 rings (SSSR count). The minimum Gasteiger partial charge on any atom is -0.471 e. The first-order valence-electron chi connectivity index (χ1n) is 5.82. The summed E-state index contributed by atoms with van der Waals surface area (Å²) in [5.74, 6) is -0.311. The third-order valence-corrected chi connectivity index (χ3v) is 3.10. The monoisotopic (exact) mass is 336 g/mol. The average molecular weight is 337 g/mol. The summed E-state index contributed by atoms with van der Waals surface area (Å²) in [7, 11) is 1.29. The fourth-order valence-electron chi connectivity index (χ4n) is 1.52. The lowest BCUT2D eigenvalue weighted by Gasteiger charge is -2.09. The maximum absolute atomic E-state index is 11.4. The molecule has 0 aliphatic heterocycles. The van der Waals surface area contributed by atoms with Gasteiger partial charge in [0.1, 0.15) is 6.61 Å². The lowest BCUT2D eigenvalue weighted by atomic mass is 10.2. The number of esters is 1. The number of anilines is 1. The zero-order valence-corrected chi connectivity index (χ0v) is 12.4. The number of methoxy groups -OCH3 is 1. The van der Waals surface area contributed by atoms with Crippen molar-refractivity contribution in [1.29, 1.82) is 0 Å². The summed E-state index contributed by atoms with van der Waals surface area (Å²) in [6.07, 6.45) is 0. The predicted octanol–water partition coefficient (Wildman–Crippen LogP) is 2.79. The fourth-order valence-corrected chi connectivity index (χ4v) is 1.78. The van der Waals surface area contributed by atoms with E-state index < -0.39 is 5.97 Å². The molecule has 1 aromatic carbocycles. The van der Waals surface area contributed by atoms with E-state index in [2.05, 4.69) is 25.7 Å². The van der Waals surface area contributed by atoms with Crippen molar-refractivity contribution < 1.29 is 14.3 Å². The molecule has 0 aliphatic carbocycles. The van der Waals surface area contributed by atoms with E-state index in [4.69, 9.17) is 10.5 Å². The van der Waals surface area contributed by atoms with Crippen LogP contribution < -0.4 is 10.5 Å². The largest absolute Gasteiger partial charge is 0.471 e. The van der Waals surface area contributed by atoms with Crippen LogP contribution in [0.15, 0.2) is 40.9 Å². The Bertz CT molecular complexity index is 614. The number of ether oxygens (including phenoxy) is 2. The van der Waals surface area contributed by atoms with Gasteiger partial charge in [-0.3, -0.25) is 0 Å². The van der Waals surface area contributed by atoms with Gasteiger partial charge >= 0.3 is 5.97 Å². The van der Waals surface area contributed by atoms with Gasteiger partial charge in [-0.25, -0.2) is 9.78 Å². The molecule has 0 atom stereocenters. The van der Waals surface area contributed by atoms with E-state index in [0.29, 0.717) is 12.3 Å². The molecule has 0 unspecified atom stereocenters. The smallest absolute Gasteiger partial charge is 0.356 e. The van der Waals surface area contributed by atoms with Crippen LogP contribution in [0.5, 0.6) is 5.88 Å². The molecule has 0 amide bonds. The molecular weight excluding hydrogens is 324 g/mol. The van der Waals surface area contributed by atoms with Crippen LogP contribution in [0.3, 0.4) is 0 Å². The Balaban J connectivity index is 2.12. The van der Waals surface area contributed by atoms with Crippen LogP contribution in [0, 0.1) is 0 Å². The molecule has 0 bridgehead atoms. The predicted molar refractivity (Wildman–Crippen MR) is 78.5 cm³/mol. The highest BCUT2D eigenvalue weighted by atomic mass is 79.9. The van der Waals surface area contributed by atoms with Crippen molar-refractivity contribution >= 4 is 27.6 Å². The summed E-state index contributed by atoms with van der Waals surface area (Å²) >= 11 is 3.36. The molecule has 0 saturated heterocycles. The highest BCUT2D eigenvalue weighted by Gasteiger charge is 2.11. The molecule has 104 valence electrons. The van der Waals surface area contributed by atoms with E-state index in [1.165, 1.54) is 13.2 Å². The van der Waals surface area contributed by atoms with Crippen LogP contribution in [0.2, 0.25) is 0 Å². The highest BCUT2D eigenvalue weighted by Crippen LogP contribution is 2.20. The van der Waals surface area contributed by atoms with Crippen LogP contribution in [0.4, 0.5) is 5.69 Å². The van der Waals surface area contributed by atoms with E-state index >= 15 is 0 Å². The van der Waals surface area contributed by atoms with Gasteiger partial charge in [-0.2, -0.15) is 0 Å². The molecule has 0 aliphatic rings. The molecule has 1 heterocycles. The molecule has 2 N–H and O–H groups in total. The van der Waals surface area contributed by atoms with Gasteiger partial charge in [-0.1, -0.05) is 28.1 Å². The van der Waals surface area contributed by atoms with Crippen molar-refractivity contribution in [2.75, 3.05) is 12.8 Å². The fraction of sp³-hybridized carbons (Fsp3) is 0.143. The third kappa shape index (κ3) is 3.48. The average Bonchev–Trinajstić information content (AvgIpc) is 2.47. The maximum atomic E-state index is 11.4. The van der Waals surface area contributed by atoms with Crippen LogP contribution in [0.25, 0.3) is 0 Å². The molecule has 20 heavy (non-hydrogen) atoms. The van der Waals surface area contributed by atoms with Gasteiger partial charge in [0.05, 0.1) is 12.8 Å². The maximum Gasteiger partial charge on any atom is 0.356 e. The second-order valence-electron chi connectivity index (χ2n) is 4.00. The number of carbonyl (C=O) groups is 1. The number of hydrogen-bond donors (Lipinski definition) is 1. The standard InChI is InChI=1S/C14H13BrN2O3/c1-19-14(18)12-7-6-11(16)13(17-12)20-8-9-2-4-10(15)5-3-9/h2-7H,8,16H2,1H3. The van der Waals surface area contributed by atoms with Crippen LogP contribution >= 0.6 is 15.9 Å². The van der Waals surface area contributed by atoms with Crippen molar-refractivity contribution in [1.82, 2.24) is 4.98 Å². The Kier molecular flexibility index (Phi) is 4.57. The molecule has 5 nitrogen and oxygen atoms in total. The number of nitrogen functional groups attached to an aromatic ring is 1. The second kappa shape index (κ2) is 6.38. The van der Waals surface area contributed by atoms with Gasteiger partial charge in [0.2, 0.25) is 5.88 Å². The van der Waals surface area contributed by atoms with Gasteiger partial charge in [-0.05, 0) is 29.8 Å². The van der Waals surface area contributed by atoms with E-state index in [1.54, 1.807) is 6.07 Å². The second-order valence-corrected chi connectivity index (χ2v) is 4.91. The first kappa shape index (κ1) is 14.3. The van der Waals surface area contributed by atoms with Crippen molar-refractivity contribution in [3.63, 3.8) is 0 Å². The van der Waals surface area contributed by atoms with Gasteiger partial charge in [0.25, 0.3) is 0 Å². The molecule has 0 fully saturated rings. The minimum absolute atomic E-state index is 0.160. The van der Waals surface area contributed by atoms with Gasteiger partial charge in [-0.15, -0.1) is 0 Å². The van der Waals surface area contributed by atoms with Crippen molar-refractivity contribution in [3.05, 3.63) is 52.1 Å². The molecule has 2 aromatic rings. The highest BCUT2D eigenvalue weighted by molar-refractivity contribution is 9.10. The SMILES string of the molecule is COC(=O)c1ccc(N)c(OCc2ccc(Br)cc2)n1. The van der Waals surface area contributed by atoms with Gasteiger partial charge in [0.15, 0.2) is 5.69 Å². The van der Waals surface area contributed by atoms with Crippen LogP contribution in [-0.4, -0.2) is 18.1 Å². The Morgan fingerprint density at radius 2 is 1.95 bits per heavy atom. The number of halogens is 1.